The Labute approximate surface area is 71.4 Å². The first-order valence-corrected chi connectivity index (χ1v) is 4.26. The Morgan fingerprint density at radius 1 is 1.67 bits per heavy atom. The number of aromatic nitrogens is 1. The van der Waals surface area contributed by atoms with Crippen LogP contribution in [0.25, 0.3) is 0 Å². The highest BCUT2D eigenvalue weighted by molar-refractivity contribution is 5.32. The Kier molecular flexibility index (Phi) is 1.51. The van der Waals surface area contributed by atoms with Crippen molar-refractivity contribution in [3.05, 3.63) is 17.5 Å². The lowest BCUT2D eigenvalue weighted by atomic mass is 9.92. The zero-order chi connectivity index (χ0) is 8.77. The summed E-state index contributed by atoms with van der Waals surface area (Å²) < 4.78 is 4.98. The molecule has 1 aliphatic carbocycles. The van der Waals surface area contributed by atoms with Gasteiger partial charge < -0.3 is 9.63 Å². The van der Waals surface area contributed by atoms with Gasteiger partial charge in [-0.25, -0.2) is 0 Å². The van der Waals surface area contributed by atoms with E-state index in [1.165, 1.54) is 0 Å². The van der Waals surface area contributed by atoms with E-state index in [9.17, 15) is 5.11 Å². The highest BCUT2D eigenvalue weighted by Crippen LogP contribution is 2.51. The van der Waals surface area contributed by atoms with Gasteiger partial charge in [0.05, 0.1) is 12.3 Å². The molecule has 1 N–H and O–H groups in total. The van der Waals surface area contributed by atoms with Crippen molar-refractivity contribution in [1.29, 1.82) is 0 Å². The predicted octanol–water partition coefficient (Wildman–Crippen LogP) is 1.40. The van der Waals surface area contributed by atoms with Crippen LogP contribution in [0.1, 0.15) is 31.1 Å². The minimum Gasteiger partial charge on any atom is -0.392 e. The number of hydrogen-bond acceptors (Lipinski definition) is 3. The first-order chi connectivity index (χ1) is 5.67. The second-order valence-corrected chi connectivity index (χ2v) is 3.63. The van der Waals surface area contributed by atoms with Gasteiger partial charge in [-0.1, -0.05) is 5.16 Å². The van der Waals surface area contributed by atoms with E-state index in [-0.39, 0.29) is 11.5 Å². The SMILES string of the molecule is Cc1oncc1C1(C(C)O)CC1. The van der Waals surface area contributed by atoms with E-state index in [0.717, 1.165) is 24.2 Å². The van der Waals surface area contributed by atoms with Crippen LogP contribution in [-0.2, 0) is 5.41 Å². The van der Waals surface area contributed by atoms with Crippen LogP contribution < -0.4 is 0 Å². The fourth-order valence-electron chi connectivity index (χ4n) is 1.82. The lowest BCUT2D eigenvalue weighted by Crippen LogP contribution is -2.22. The summed E-state index contributed by atoms with van der Waals surface area (Å²) in [5.74, 6) is 0.841. The maximum atomic E-state index is 9.57. The van der Waals surface area contributed by atoms with Gasteiger partial charge in [-0.05, 0) is 26.7 Å². The highest BCUT2D eigenvalue weighted by atomic mass is 16.5. The monoisotopic (exact) mass is 167 g/mol. The molecule has 0 aliphatic heterocycles. The number of aryl methyl sites for hydroxylation is 1. The largest absolute Gasteiger partial charge is 0.392 e. The maximum absolute atomic E-state index is 9.57. The van der Waals surface area contributed by atoms with Gasteiger partial charge in [0.1, 0.15) is 5.76 Å². The molecule has 12 heavy (non-hydrogen) atoms. The van der Waals surface area contributed by atoms with Gasteiger partial charge in [0.25, 0.3) is 0 Å². The van der Waals surface area contributed by atoms with Crippen LogP contribution in [0, 0.1) is 6.92 Å². The molecule has 1 heterocycles. The van der Waals surface area contributed by atoms with Crippen molar-refractivity contribution in [2.45, 2.75) is 38.2 Å². The standard InChI is InChI=1S/C9H13NO2/c1-6-8(5-10-12-6)9(3-4-9)7(2)11/h5,7,11H,3-4H2,1-2H3. The number of rotatable bonds is 2. The quantitative estimate of drug-likeness (QED) is 0.724. The van der Waals surface area contributed by atoms with Crippen LogP contribution >= 0.6 is 0 Å². The molecule has 1 aromatic heterocycles. The Hall–Kier alpha value is -0.830. The van der Waals surface area contributed by atoms with Gasteiger partial charge in [0, 0.05) is 11.0 Å². The van der Waals surface area contributed by atoms with Crippen LogP contribution in [0.15, 0.2) is 10.7 Å². The highest BCUT2D eigenvalue weighted by Gasteiger charge is 2.50. The van der Waals surface area contributed by atoms with Gasteiger partial charge in [-0.2, -0.15) is 0 Å². The molecular weight excluding hydrogens is 154 g/mol. The fraction of sp³-hybridized carbons (Fsp3) is 0.667. The number of aliphatic hydroxyl groups is 1. The van der Waals surface area contributed by atoms with Gasteiger partial charge >= 0.3 is 0 Å². The van der Waals surface area contributed by atoms with E-state index in [1.807, 2.05) is 13.8 Å². The first kappa shape index (κ1) is 7.80. The number of aliphatic hydroxyl groups excluding tert-OH is 1. The molecule has 0 saturated heterocycles. The summed E-state index contributed by atoms with van der Waals surface area (Å²) in [6, 6.07) is 0. The molecule has 0 bridgehead atoms. The summed E-state index contributed by atoms with van der Waals surface area (Å²) in [6.07, 6.45) is 3.53. The number of nitrogens with zero attached hydrogens (tertiary/aromatic N) is 1. The van der Waals surface area contributed by atoms with Crippen molar-refractivity contribution in [3.8, 4) is 0 Å². The van der Waals surface area contributed by atoms with Crippen LogP contribution in [0.5, 0.6) is 0 Å². The molecule has 0 aromatic carbocycles. The molecule has 3 nitrogen and oxygen atoms in total. The second kappa shape index (κ2) is 2.33. The third-order valence-corrected chi connectivity index (χ3v) is 2.88. The Morgan fingerprint density at radius 2 is 2.33 bits per heavy atom. The van der Waals surface area contributed by atoms with Crippen molar-refractivity contribution in [3.63, 3.8) is 0 Å². The van der Waals surface area contributed by atoms with E-state index in [1.54, 1.807) is 6.20 Å². The molecule has 1 atom stereocenters. The fourth-order valence-corrected chi connectivity index (χ4v) is 1.82. The zero-order valence-electron chi connectivity index (χ0n) is 7.37. The summed E-state index contributed by atoms with van der Waals surface area (Å²) in [5.41, 5.74) is 1.04. The summed E-state index contributed by atoms with van der Waals surface area (Å²) >= 11 is 0. The lowest BCUT2D eigenvalue weighted by Gasteiger charge is -2.16. The molecular formula is C9H13NO2. The molecule has 1 saturated carbocycles. The Bertz CT molecular complexity index is 286. The second-order valence-electron chi connectivity index (χ2n) is 3.63. The van der Waals surface area contributed by atoms with Crippen LogP contribution in [0.3, 0.4) is 0 Å². The number of hydrogen-bond donors (Lipinski definition) is 1. The molecule has 66 valence electrons. The Morgan fingerprint density at radius 3 is 2.67 bits per heavy atom. The molecule has 0 amide bonds. The Balaban J connectivity index is 2.36. The first-order valence-electron chi connectivity index (χ1n) is 4.26. The zero-order valence-corrected chi connectivity index (χ0v) is 7.37. The smallest absolute Gasteiger partial charge is 0.137 e. The van der Waals surface area contributed by atoms with Gasteiger partial charge in [0.15, 0.2) is 0 Å². The normalized spacial score (nSPS) is 22.2. The van der Waals surface area contributed by atoms with Crippen molar-refractivity contribution in [1.82, 2.24) is 5.16 Å². The average Bonchev–Trinajstić information content (AvgIpc) is 2.71. The van der Waals surface area contributed by atoms with E-state index >= 15 is 0 Å². The van der Waals surface area contributed by atoms with E-state index in [4.69, 9.17) is 4.52 Å². The molecule has 3 heteroatoms. The summed E-state index contributed by atoms with van der Waals surface area (Å²) in [5, 5.41) is 13.3. The van der Waals surface area contributed by atoms with Crippen molar-refractivity contribution in [2.75, 3.05) is 0 Å². The van der Waals surface area contributed by atoms with Crippen molar-refractivity contribution in [2.24, 2.45) is 0 Å². The summed E-state index contributed by atoms with van der Waals surface area (Å²) in [4.78, 5) is 0. The van der Waals surface area contributed by atoms with Crippen molar-refractivity contribution >= 4 is 0 Å². The third-order valence-electron chi connectivity index (χ3n) is 2.88. The molecule has 2 rings (SSSR count). The molecule has 1 aromatic rings. The lowest BCUT2D eigenvalue weighted by molar-refractivity contribution is 0.150. The maximum Gasteiger partial charge on any atom is 0.137 e. The van der Waals surface area contributed by atoms with Crippen LogP contribution in [0.4, 0.5) is 0 Å². The van der Waals surface area contributed by atoms with Gasteiger partial charge in [-0.3, -0.25) is 0 Å². The molecule has 1 aliphatic rings. The van der Waals surface area contributed by atoms with Crippen LogP contribution in [0.2, 0.25) is 0 Å². The minimum absolute atomic E-state index is 0.0376. The summed E-state index contributed by atoms with van der Waals surface area (Å²) in [6.45, 7) is 3.73. The molecule has 0 spiro atoms. The summed E-state index contributed by atoms with van der Waals surface area (Å²) in [7, 11) is 0. The van der Waals surface area contributed by atoms with Gasteiger partial charge in [0.2, 0.25) is 0 Å². The van der Waals surface area contributed by atoms with Crippen LogP contribution in [-0.4, -0.2) is 16.4 Å². The predicted molar refractivity (Wildman–Crippen MR) is 43.8 cm³/mol. The molecule has 1 unspecified atom stereocenters. The average molecular weight is 167 g/mol. The van der Waals surface area contributed by atoms with E-state index < -0.39 is 0 Å². The minimum atomic E-state index is -0.296. The topological polar surface area (TPSA) is 46.3 Å². The molecule has 1 fully saturated rings. The van der Waals surface area contributed by atoms with Gasteiger partial charge in [-0.15, -0.1) is 0 Å². The van der Waals surface area contributed by atoms with Crippen molar-refractivity contribution < 1.29 is 9.63 Å². The molecule has 0 radical (unpaired) electrons. The third kappa shape index (κ3) is 0.894. The van der Waals surface area contributed by atoms with E-state index in [0.29, 0.717) is 0 Å². The van der Waals surface area contributed by atoms with E-state index in [2.05, 4.69) is 5.16 Å².